The molecule has 2 rings (SSSR count). The number of benzene rings is 1. The maximum Gasteiger partial charge on any atom is 0.236 e. The zero-order valence-electron chi connectivity index (χ0n) is 12.4. The van der Waals surface area contributed by atoms with Crippen molar-refractivity contribution in [2.24, 2.45) is 5.73 Å². The van der Waals surface area contributed by atoms with Gasteiger partial charge in [0, 0.05) is 12.0 Å². The van der Waals surface area contributed by atoms with Crippen molar-refractivity contribution in [2.45, 2.75) is 56.9 Å². The molecule has 1 aromatic rings. The van der Waals surface area contributed by atoms with Crippen molar-refractivity contribution < 1.29 is 4.79 Å². The van der Waals surface area contributed by atoms with Crippen LogP contribution in [0.2, 0.25) is 0 Å². The van der Waals surface area contributed by atoms with Gasteiger partial charge in [-0.3, -0.25) is 4.79 Å². The summed E-state index contributed by atoms with van der Waals surface area (Å²) >= 11 is 0. The van der Waals surface area contributed by atoms with Crippen LogP contribution in [0.25, 0.3) is 0 Å². The van der Waals surface area contributed by atoms with E-state index in [9.17, 15) is 4.79 Å². The van der Waals surface area contributed by atoms with Crippen LogP contribution in [0.1, 0.15) is 51.0 Å². The Bertz CT molecular complexity index is 420. The normalized spacial score (nSPS) is 19.9. The Labute approximate surface area is 121 Å². The van der Waals surface area contributed by atoms with Gasteiger partial charge in [0.2, 0.25) is 5.91 Å². The summed E-state index contributed by atoms with van der Waals surface area (Å²) in [7, 11) is 0. The average molecular weight is 274 g/mol. The first-order chi connectivity index (χ1) is 9.64. The number of hydrogen-bond donors (Lipinski definition) is 2. The predicted octanol–water partition coefficient (Wildman–Crippen LogP) is 2.74. The van der Waals surface area contributed by atoms with E-state index in [-0.39, 0.29) is 11.3 Å². The third kappa shape index (κ3) is 3.60. The standard InChI is InChI=1S/C17H26N2O/c1-14(18)16(20)19-13-17(11-7-2-3-8-12-17)15-9-5-4-6-10-15/h4-6,9-10,14H,2-3,7-8,11-13,18H2,1H3,(H,19,20)/t14-/m0/s1. The van der Waals surface area contributed by atoms with Crippen molar-refractivity contribution in [3.05, 3.63) is 35.9 Å². The van der Waals surface area contributed by atoms with E-state index in [0.717, 1.165) is 12.8 Å². The summed E-state index contributed by atoms with van der Waals surface area (Å²) in [5.41, 5.74) is 7.09. The highest BCUT2D eigenvalue weighted by Gasteiger charge is 2.33. The van der Waals surface area contributed by atoms with E-state index in [1.54, 1.807) is 6.92 Å². The summed E-state index contributed by atoms with van der Waals surface area (Å²) in [5, 5.41) is 3.05. The molecule has 0 saturated heterocycles. The number of nitrogens with one attached hydrogen (secondary N) is 1. The SMILES string of the molecule is C[C@H](N)C(=O)NCC1(c2ccccc2)CCCCCC1. The molecule has 20 heavy (non-hydrogen) atoms. The fraction of sp³-hybridized carbons (Fsp3) is 0.588. The zero-order chi connectivity index (χ0) is 14.4. The quantitative estimate of drug-likeness (QED) is 0.829. The lowest BCUT2D eigenvalue weighted by Crippen LogP contribution is -2.45. The monoisotopic (exact) mass is 274 g/mol. The number of amides is 1. The Morgan fingerprint density at radius 1 is 1.20 bits per heavy atom. The second-order valence-electron chi connectivity index (χ2n) is 6.07. The highest BCUT2D eigenvalue weighted by atomic mass is 16.2. The van der Waals surface area contributed by atoms with Crippen LogP contribution in [0.5, 0.6) is 0 Å². The van der Waals surface area contributed by atoms with Crippen LogP contribution in [0, 0.1) is 0 Å². The molecule has 1 aliphatic rings. The maximum absolute atomic E-state index is 11.8. The molecule has 1 fully saturated rings. The van der Waals surface area contributed by atoms with Gasteiger partial charge in [0.15, 0.2) is 0 Å². The maximum atomic E-state index is 11.8. The van der Waals surface area contributed by atoms with Gasteiger partial charge in [-0.1, -0.05) is 56.0 Å². The predicted molar refractivity (Wildman–Crippen MR) is 82.5 cm³/mol. The first kappa shape index (κ1) is 15.0. The van der Waals surface area contributed by atoms with E-state index < -0.39 is 6.04 Å². The second kappa shape index (κ2) is 6.89. The molecule has 0 aliphatic heterocycles. The minimum absolute atomic E-state index is 0.0513. The van der Waals surface area contributed by atoms with Crippen LogP contribution >= 0.6 is 0 Å². The van der Waals surface area contributed by atoms with E-state index >= 15 is 0 Å². The first-order valence-corrected chi connectivity index (χ1v) is 7.73. The molecule has 0 spiro atoms. The molecule has 3 nitrogen and oxygen atoms in total. The summed E-state index contributed by atoms with van der Waals surface area (Å²) in [4.78, 5) is 11.8. The molecule has 0 unspecified atom stereocenters. The molecule has 1 aliphatic carbocycles. The van der Waals surface area contributed by atoms with Crippen LogP contribution in [0.3, 0.4) is 0 Å². The summed E-state index contributed by atoms with van der Waals surface area (Å²) < 4.78 is 0. The van der Waals surface area contributed by atoms with Crippen molar-refractivity contribution >= 4 is 5.91 Å². The smallest absolute Gasteiger partial charge is 0.236 e. The topological polar surface area (TPSA) is 55.1 Å². The molecule has 1 aromatic carbocycles. The molecule has 0 radical (unpaired) electrons. The Hall–Kier alpha value is -1.35. The number of carbonyl (C=O) groups is 1. The summed E-state index contributed by atoms with van der Waals surface area (Å²) in [6, 6.07) is 10.2. The molecule has 1 saturated carbocycles. The van der Waals surface area contributed by atoms with E-state index in [0.29, 0.717) is 6.54 Å². The molecule has 0 heterocycles. The van der Waals surface area contributed by atoms with Gasteiger partial charge in [0.25, 0.3) is 0 Å². The molecular weight excluding hydrogens is 248 g/mol. The Morgan fingerprint density at radius 2 is 1.80 bits per heavy atom. The van der Waals surface area contributed by atoms with Crippen LogP contribution in [-0.4, -0.2) is 18.5 Å². The largest absolute Gasteiger partial charge is 0.354 e. The number of carbonyl (C=O) groups excluding carboxylic acids is 1. The second-order valence-corrected chi connectivity index (χ2v) is 6.07. The molecule has 3 heteroatoms. The average Bonchev–Trinajstić information content (AvgIpc) is 2.72. The van der Waals surface area contributed by atoms with Crippen molar-refractivity contribution in [2.75, 3.05) is 6.54 Å². The van der Waals surface area contributed by atoms with Gasteiger partial charge in [-0.15, -0.1) is 0 Å². The van der Waals surface area contributed by atoms with E-state index in [4.69, 9.17) is 5.73 Å². The van der Waals surface area contributed by atoms with Crippen LogP contribution in [-0.2, 0) is 10.2 Å². The molecule has 1 amide bonds. The number of nitrogens with two attached hydrogens (primary N) is 1. The van der Waals surface area contributed by atoms with Gasteiger partial charge < -0.3 is 11.1 Å². The Morgan fingerprint density at radius 3 is 2.35 bits per heavy atom. The van der Waals surface area contributed by atoms with E-state index in [1.165, 1.54) is 31.2 Å². The number of hydrogen-bond acceptors (Lipinski definition) is 2. The molecule has 0 aromatic heterocycles. The van der Waals surface area contributed by atoms with Crippen LogP contribution in [0.4, 0.5) is 0 Å². The van der Waals surface area contributed by atoms with Gasteiger partial charge in [-0.05, 0) is 25.3 Å². The van der Waals surface area contributed by atoms with E-state index in [1.807, 2.05) is 0 Å². The molecule has 1 atom stereocenters. The fourth-order valence-electron chi connectivity index (χ4n) is 3.18. The number of rotatable bonds is 4. The van der Waals surface area contributed by atoms with Gasteiger partial charge in [0.05, 0.1) is 6.04 Å². The lowest BCUT2D eigenvalue weighted by Gasteiger charge is -2.34. The van der Waals surface area contributed by atoms with Crippen molar-refractivity contribution in [1.29, 1.82) is 0 Å². The van der Waals surface area contributed by atoms with E-state index in [2.05, 4.69) is 35.6 Å². The Balaban J connectivity index is 2.17. The van der Waals surface area contributed by atoms with Crippen LogP contribution < -0.4 is 11.1 Å². The zero-order valence-corrected chi connectivity index (χ0v) is 12.4. The summed E-state index contributed by atoms with van der Waals surface area (Å²) in [5.74, 6) is -0.0513. The van der Waals surface area contributed by atoms with Crippen molar-refractivity contribution in [3.8, 4) is 0 Å². The molecular formula is C17H26N2O. The molecule has 0 bridgehead atoms. The highest BCUT2D eigenvalue weighted by molar-refractivity contribution is 5.81. The van der Waals surface area contributed by atoms with Crippen LogP contribution in [0.15, 0.2) is 30.3 Å². The van der Waals surface area contributed by atoms with Gasteiger partial charge in [0.1, 0.15) is 0 Å². The van der Waals surface area contributed by atoms with Gasteiger partial charge in [-0.2, -0.15) is 0 Å². The Kier molecular flexibility index (Phi) is 5.18. The van der Waals surface area contributed by atoms with Crippen molar-refractivity contribution in [1.82, 2.24) is 5.32 Å². The lowest BCUT2D eigenvalue weighted by atomic mass is 9.74. The minimum Gasteiger partial charge on any atom is -0.354 e. The van der Waals surface area contributed by atoms with Gasteiger partial charge in [-0.25, -0.2) is 0 Å². The lowest BCUT2D eigenvalue weighted by molar-refractivity contribution is -0.122. The molecule has 3 N–H and O–H groups in total. The molecule has 110 valence electrons. The summed E-state index contributed by atoms with van der Waals surface area (Å²) in [6.45, 7) is 2.44. The third-order valence-electron chi connectivity index (χ3n) is 4.46. The minimum atomic E-state index is -0.436. The summed E-state index contributed by atoms with van der Waals surface area (Å²) in [6.07, 6.45) is 7.38. The highest BCUT2D eigenvalue weighted by Crippen LogP contribution is 2.37. The fourth-order valence-corrected chi connectivity index (χ4v) is 3.18. The van der Waals surface area contributed by atoms with Crippen molar-refractivity contribution in [3.63, 3.8) is 0 Å². The van der Waals surface area contributed by atoms with Gasteiger partial charge >= 0.3 is 0 Å². The third-order valence-corrected chi connectivity index (χ3v) is 4.46. The first-order valence-electron chi connectivity index (χ1n) is 7.73.